The minimum Gasteiger partial charge on any atom is -0.393 e. The van der Waals surface area contributed by atoms with Crippen molar-refractivity contribution in [1.82, 2.24) is 0 Å². The number of aliphatic hydroxyl groups is 2. The van der Waals surface area contributed by atoms with Crippen LogP contribution in [0, 0.1) is 0 Å². The lowest BCUT2D eigenvalue weighted by molar-refractivity contribution is -0.109. The third-order valence-electron chi connectivity index (χ3n) is 4.01. The molecule has 2 N–H and O–H groups in total. The molecule has 4 unspecified atom stereocenters. The Morgan fingerprint density at radius 2 is 1.53 bits per heavy atom. The van der Waals surface area contributed by atoms with E-state index in [0.29, 0.717) is 12.8 Å². The molecule has 4 atom stereocenters. The summed E-state index contributed by atoms with van der Waals surface area (Å²) < 4.78 is 11.2. The summed E-state index contributed by atoms with van der Waals surface area (Å²) in [6.45, 7) is 10.1. The van der Waals surface area contributed by atoms with Crippen molar-refractivity contribution >= 4 is 0 Å². The summed E-state index contributed by atoms with van der Waals surface area (Å²) in [5.41, 5.74) is -0.694. The van der Waals surface area contributed by atoms with Gasteiger partial charge in [0.05, 0.1) is 30.0 Å². The second-order valence-corrected chi connectivity index (χ2v) is 6.03. The van der Waals surface area contributed by atoms with Crippen molar-refractivity contribution in [1.29, 1.82) is 0 Å². The van der Waals surface area contributed by atoms with E-state index in [9.17, 15) is 10.2 Å². The molecule has 0 spiro atoms. The van der Waals surface area contributed by atoms with Gasteiger partial charge in [-0.3, -0.25) is 0 Å². The highest BCUT2D eigenvalue weighted by molar-refractivity contribution is 4.80. The number of hydrogen-bond donors (Lipinski definition) is 2. The van der Waals surface area contributed by atoms with Crippen LogP contribution in [0.1, 0.15) is 60.3 Å². The van der Waals surface area contributed by atoms with Gasteiger partial charge in [-0.1, -0.05) is 13.8 Å². The Morgan fingerprint density at radius 3 is 1.89 bits per heavy atom. The van der Waals surface area contributed by atoms with Gasteiger partial charge >= 0.3 is 0 Å². The summed E-state index contributed by atoms with van der Waals surface area (Å²) in [6, 6.07) is 0. The minimum atomic E-state index is -0.551. The lowest BCUT2D eigenvalue weighted by Crippen LogP contribution is -2.38. The Balaban J connectivity index is 4.30. The summed E-state index contributed by atoms with van der Waals surface area (Å²) >= 11 is 0. The van der Waals surface area contributed by atoms with Gasteiger partial charge in [0.2, 0.25) is 0 Å². The third kappa shape index (κ3) is 7.25. The van der Waals surface area contributed by atoms with Crippen molar-refractivity contribution < 1.29 is 19.7 Å². The van der Waals surface area contributed by atoms with E-state index in [1.54, 1.807) is 14.0 Å². The summed E-state index contributed by atoms with van der Waals surface area (Å²) in [7, 11) is 1.67. The molecule has 0 aromatic rings. The molecule has 0 aromatic carbocycles. The molecule has 0 bridgehead atoms. The van der Waals surface area contributed by atoms with Crippen molar-refractivity contribution in [2.45, 2.75) is 83.7 Å². The predicted octanol–water partition coefficient (Wildman–Crippen LogP) is 2.51. The highest BCUT2D eigenvalue weighted by atomic mass is 16.5. The second-order valence-electron chi connectivity index (χ2n) is 6.03. The average molecular weight is 276 g/mol. The molecule has 0 saturated carbocycles. The highest BCUT2D eigenvalue weighted by Gasteiger charge is 2.29. The molecule has 0 aliphatic rings. The van der Waals surface area contributed by atoms with Gasteiger partial charge in [0.1, 0.15) is 0 Å². The normalized spacial score (nSPS) is 21.5. The molecular weight excluding hydrogens is 244 g/mol. The van der Waals surface area contributed by atoms with Crippen LogP contribution in [0.4, 0.5) is 0 Å². The van der Waals surface area contributed by atoms with Crippen LogP contribution < -0.4 is 0 Å². The third-order valence-corrected chi connectivity index (χ3v) is 4.01. The van der Waals surface area contributed by atoms with Gasteiger partial charge < -0.3 is 19.7 Å². The van der Waals surface area contributed by atoms with E-state index >= 15 is 0 Å². The van der Waals surface area contributed by atoms with Crippen molar-refractivity contribution in [3.05, 3.63) is 0 Å². The Bertz CT molecular complexity index is 238. The number of ether oxygens (including phenoxy) is 2. The lowest BCUT2D eigenvalue weighted by atomic mass is 9.94. The molecule has 0 aliphatic heterocycles. The van der Waals surface area contributed by atoms with Gasteiger partial charge in [-0.15, -0.1) is 0 Å². The Kier molecular flexibility index (Phi) is 8.13. The van der Waals surface area contributed by atoms with Crippen LogP contribution in [0.5, 0.6) is 0 Å². The zero-order valence-electron chi connectivity index (χ0n) is 13.4. The van der Waals surface area contributed by atoms with E-state index in [0.717, 1.165) is 12.8 Å². The maximum absolute atomic E-state index is 10.1. The van der Waals surface area contributed by atoms with Crippen molar-refractivity contribution in [3.8, 4) is 0 Å². The first kappa shape index (κ1) is 18.8. The van der Waals surface area contributed by atoms with E-state index < -0.39 is 12.2 Å². The first-order valence-corrected chi connectivity index (χ1v) is 7.25. The molecule has 0 amide bonds. The summed E-state index contributed by atoms with van der Waals surface area (Å²) in [4.78, 5) is 0. The maximum atomic E-state index is 10.1. The van der Waals surface area contributed by atoms with Crippen LogP contribution in [0.2, 0.25) is 0 Å². The van der Waals surface area contributed by atoms with Gasteiger partial charge in [0, 0.05) is 20.0 Å². The van der Waals surface area contributed by atoms with Crippen LogP contribution in [0.25, 0.3) is 0 Å². The molecule has 0 rings (SSSR count). The molecule has 19 heavy (non-hydrogen) atoms. The molecule has 0 heterocycles. The second kappa shape index (κ2) is 8.20. The molecule has 0 saturated heterocycles. The molecule has 0 radical (unpaired) electrons. The van der Waals surface area contributed by atoms with E-state index in [4.69, 9.17) is 9.47 Å². The van der Waals surface area contributed by atoms with Crippen LogP contribution in [0.3, 0.4) is 0 Å². The largest absolute Gasteiger partial charge is 0.393 e. The monoisotopic (exact) mass is 276 g/mol. The molecule has 0 fully saturated rings. The minimum absolute atomic E-state index is 0.274. The van der Waals surface area contributed by atoms with Crippen LogP contribution in [-0.2, 0) is 9.47 Å². The summed E-state index contributed by atoms with van der Waals surface area (Å²) in [5.74, 6) is 0. The maximum Gasteiger partial charge on any atom is 0.0801 e. The van der Waals surface area contributed by atoms with E-state index in [1.807, 2.05) is 27.7 Å². The predicted molar refractivity (Wildman–Crippen MR) is 77.3 cm³/mol. The zero-order valence-corrected chi connectivity index (χ0v) is 13.4. The van der Waals surface area contributed by atoms with Crippen molar-refractivity contribution in [2.24, 2.45) is 0 Å². The molecular formula is C15H32O4. The molecule has 0 aliphatic carbocycles. The smallest absolute Gasteiger partial charge is 0.0801 e. The average Bonchev–Trinajstić information content (AvgIpc) is 2.35. The van der Waals surface area contributed by atoms with Crippen LogP contribution >= 0.6 is 0 Å². The van der Waals surface area contributed by atoms with Gasteiger partial charge in [0.15, 0.2) is 0 Å². The first-order chi connectivity index (χ1) is 8.70. The van der Waals surface area contributed by atoms with Crippen molar-refractivity contribution in [2.75, 3.05) is 13.7 Å². The van der Waals surface area contributed by atoms with Gasteiger partial charge in [-0.25, -0.2) is 0 Å². The summed E-state index contributed by atoms with van der Waals surface area (Å²) in [5, 5.41) is 19.6. The Hall–Kier alpha value is -0.160. The summed E-state index contributed by atoms with van der Waals surface area (Å²) in [6.07, 6.45) is 1.82. The molecule has 0 aromatic heterocycles. The highest BCUT2D eigenvalue weighted by Crippen LogP contribution is 2.25. The zero-order chi connectivity index (χ0) is 15.1. The van der Waals surface area contributed by atoms with Crippen LogP contribution in [-0.4, -0.2) is 47.3 Å². The Morgan fingerprint density at radius 1 is 1.00 bits per heavy atom. The fourth-order valence-electron chi connectivity index (χ4n) is 2.16. The van der Waals surface area contributed by atoms with Gasteiger partial charge in [-0.2, -0.15) is 0 Å². The van der Waals surface area contributed by atoms with E-state index in [-0.39, 0.29) is 17.8 Å². The molecule has 4 heteroatoms. The van der Waals surface area contributed by atoms with E-state index in [1.165, 1.54) is 0 Å². The van der Waals surface area contributed by atoms with Crippen molar-refractivity contribution in [3.63, 3.8) is 0 Å². The van der Waals surface area contributed by atoms with Gasteiger partial charge in [0.25, 0.3) is 0 Å². The van der Waals surface area contributed by atoms with Crippen LogP contribution in [0.15, 0.2) is 0 Å². The number of methoxy groups -OCH3 is 1. The standard InChI is InChI=1S/C15H32O4/c1-7-14(4,18-6)10-13(17)11-19-15(5,8-2)9-12(3)16/h12-13,16-17H,7-11H2,1-6H3. The molecule has 116 valence electrons. The van der Waals surface area contributed by atoms with E-state index in [2.05, 4.69) is 0 Å². The SMILES string of the molecule is CCC(C)(CC(O)COC(C)(CC)CC(C)O)OC. The number of rotatable bonds is 10. The first-order valence-electron chi connectivity index (χ1n) is 7.25. The Labute approximate surface area is 118 Å². The topological polar surface area (TPSA) is 58.9 Å². The lowest BCUT2D eigenvalue weighted by Gasteiger charge is -2.33. The number of hydrogen-bond acceptors (Lipinski definition) is 4. The number of aliphatic hydroxyl groups excluding tert-OH is 2. The fraction of sp³-hybridized carbons (Fsp3) is 1.00. The quantitative estimate of drug-likeness (QED) is 0.643. The molecule has 4 nitrogen and oxygen atoms in total. The fourth-order valence-corrected chi connectivity index (χ4v) is 2.16. The van der Waals surface area contributed by atoms with Gasteiger partial charge in [-0.05, 0) is 33.6 Å².